The van der Waals surface area contributed by atoms with Crippen LogP contribution in [0.3, 0.4) is 0 Å². The Labute approximate surface area is 167 Å². The summed E-state index contributed by atoms with van der Waals surface area (Å²) in [7, 11) is 0. The molecule has 0 bridgehead atoms. The number of anilines is 1. The molecule has 2 fully saturated rings. The number of urea groups is 1. The lowest BCUT2D eigenvalue weighted by molar-refractivity contribution is -0.130. The van der Waals surface area contributed by atoms with Crippen LogP contribution in [0.4, 0.5) is 10.5 Å². The second-order valence-corrected chi connectivity index (χ2v) is 7.65. The van der Waals surface area contributed by atoms with Gasteiger partial charge >= 0.3 is 6.03 Å². The maximum absolute atomic E-state index is 12.3. The fourth-order valence-corrected chi connectivity index (χ4v) is 3.74. The van der Waals surface area contributed by atoms with Gasteiger partial charge in [-0.15, -0.1) is 0 Å². The van der Waals surface area contributed by atoms with Gasteiger partial charge in [-0.3, -0.25) is 19.7 Å². The van der Waals surface area contributed by atoms with Crippen molar-refractivity contribution in [2.24, 2.45) is 5.92 Å². The van der Waals surface area contributed by atoms with Crippen molar-refractivity contribution < 1.29 is 19.2 Å². The summed E-state index contributed by atoms with van der Waals surface area (Å²) in [5.74, 6) is -0.682. The van der Waals surface area contributed by atoms with Gasteiger partial charge in [-0.2, -0.15) is 0 Å². The van der Waals surface area contributed by atoms with E-state index in [2.05, 4.69) is 21.3 Å². The maximum Gasteiger partial charge on any atom is 0.322 e. The second kappa shape index (κ2) is 8.60. The summed E-state index contributed by atoms with van der Waals surface area (Å²) in [6.45, 7) is 0.408. The molecule has 5 amide bonds. The summed E-state index contributed by atoms with van der Waals surface area (Å²) in [5, 5.41) is 11.2. The van der Waals surface area contributed by atoms with E-state index in [-0.39, 0.29) is 23.6 Å². The third-order valence-corrected chi connectivity index (χ3v) is 5.48. The summed E-state index contributed by atoms with van der Waals surface area (Å²) >= 11 is 5.80. The Morgan fingerprint density at radius 2 is 1.82 bits per heavy atom. The first-order chi connectivity index (χ1) is 13.4. The molecule has 0 atom stereocenters. The monoisotopic (exact) mass is 406 g/mol. The number of rotatable bonds is 6. The molecule has 1 heterocycles. The third kappa shape index (κ3) is 4.81. The molecule has 1 aliphatic heterocycles. The van der Waals surface area contributed by atoms with Gasteiger partial charge in [0.25, 0.3) is 5.91 Å². The number of halogens is 1. The average molecular weight is 407 g/mol. The summed E-state index contributed by atoms with van der Waals surface area (Å²) in [6, 6.07) is 6.39. The second-order valence-electron chi connectivity index (χ2n) is 7.21. The Balaban J connectivity index is 1.34. The molecule has 150 valence electrons. The van der Waals surface area contributed by atoms with Crippen molar-refractivity contribution in [2.75, 3.05) is 11.9 Å². The summed E-state index contributed by atoms with van der Waals surface area (Å²) in [4.78, 5) is 47.5. The zero-order valence-electron chi connectivity index (χ0n) is 15.3. The normalized spacial score (nSPS) is 23.8. The third-order valence-electron chi connectivity index (χ3n) is 5.23. The molecule has 1 saturated heterocycles. The van der Waals surface area contributed by atoms with Crippen molar-refractivity contribution >= 4 is 41.0 Å². The molecule has 8 nitrogen and oxygen atoms in total. The molecule has 1 saturated carbocycles. The van der Waals surface area contributed by atoms with Crippen molar-refractivity contribution in [1.82, 2.24) is 16.0 Å². The first-order valence-corrected chi connectivity index (χ1v) is 9.72. The van der Waals surface area contributed by atoms with Crippen LogP contribution in [0.1, 0.15) is 38.5 Å². The van der Waals surface area contributed by atoms with Crippen molar-refractivity contribution in [2.45, 2.75) is 44.1 Å². The number of carbonyl (C=O) groups is 4. The molecular formula is C19H23ClN4O4. The molecule has 28 heavy (non-hydrogen) atoms. The van der Waals surface area contributed by atoms with Gasteiger partial charge in [0.1, 0.15) is 5.54 Å². The zero-order valence-corrected chi connectivity index (χ0v) is 16.1. The van der Waals surface area contributed by atoms with Gasteiger partial charge in [-0.1, -0.05) is 11.6 Å². The molecule has 0 aromatic heterocycles. The van der Waals surface area contributed by atoms with Gasteiger partial charge in [-0.05, 0) is 56.4 Å². The highest BCUT2D eigenvalue weighted by atomic mass is 35.5. The topological polar surface area (TPSA) is 116 Å². The van der Waals surface area contributed by atoms with Crippen molar-refractivity contribution in [3.8, 4) is 0 Å². The van der Waals surface area contributed by atoms with E-state index in [9.17, 15) is 19.2 Å². The van der Waals surface area contributed by atoms with E-state index < -0.39 is 11.6 Å². The minimum absolute atomic E-state index is 0.0716. The quantitative estimate of drug-likeness (QED) is 0.426. The van der Waals surface area contributed by atoms with E-state index >= 15 is 0 Å². The number of imide groups is 1. The molecule has 2 aliphatic rings. The van der Waals surface area contributed by atoms with Gasteiger partial charge in [-0.25, -0.2) is 4.79 Å². The molecule has 9 heteroatoms. The van der Waals surface area contributed by atoms with E-state index in [1.807, 2.05) is 0 Å². The lowest BCUT2D eigenvalue weighted by atomic mass is 9.76. The van der Waals surface area contributed by atoms with Gasteiger partial charge in [0.2, 0.25) is 11.8 Å². The number of hydrogen-bond donors (Lipinski definition) is 4. The molecule has 4 N–H and O–H groups in total. The van der Waals surface area contributed by atoms with Crippen LogP contribution in [0, 0.1) is 5.92 Å². The largest absolute Gasteiger partial charge is 0.356 e. The summed E-state index contributed by atoms with van der Waals surface area (Å²) in [5.41, 5.74) is -0.175. The van der Waals surface area contributed by atoms with Crippen LogP contribution in [-0.4, -0.2) is 35.8 Å². The number of nitrogens with one attached hydrogen (secondary N) is 4. The van der Waals surface area contributed by atoms with Crippen LogP contribution in [0.15, 0.2) is 24.3 Å². The average Bonchev–Trinajstić information content (AvgIpc) is 2.94. The zero-order chi connectivity index (χ0) is 20.1. The first-order valence-electron chi connectivity index (χ1n) is 9.35. The lowest BCUT2D eigenvalue weighted by Gasteiger charge is -2.33. The predicted octanol–water partition coefficient (Wildman–Crippen LogP) is 1.94. The SMILES string of the molecule is O=C(CCCNC(=O)C1CCC2(CC1)NC(=O)NC2=O)Nc1ccc(Cl)cc1. The van der Waals surface area contributed by atoms with Gasteiger partial charge < -0.3 is 16.0 Å². The molecular weight excluding hydrogens is 384 g/mol. The molecule has 0 radical (unpaired) electrons. The molecule has 1 aromatic carbocycles. The van der Waals surface area contributed by atoms with Crippen LogP contribution >= 0.6 is 11.6 Å². The highest BCUT2D eigenvalue weighted by Crippen LogP contribution is 2.34. The van der Waals surface area contributed by atoms with Gasteiger partial charge in [0.05, 0.1) is 0 Å². The number of amides is 5. The standard InChI is InChI=1S/C19H23ClN4O4/c20-13-3-5-14(6-4-13)22-15(25)2-1-11-21-16(26)12-7-9-19(10-8-12)17(27)23-18(28)24-19/h3-6,12H,1-2,7-11H2,(H,21,26)(H,22,25)(H2,23,24,27,28). The lowest BCUT2D eigenvalue weighted by Crippen LogP contribution is -2.50. The van der Waals surface area contributed by atoms with Crippen molar-refractivity contribution in [3.63, 3.8) is 0 Å². The van der Waals surface area contributed by atoms with Crippen molar-refractivity contribution in [1.29, 1.82) is 0 Å². The Morgan fingerprint density at radius 1 is 1.14 bits per heavy atom. The molecule has 1 aliphatic carbocycles. The Kier molecular flexibility index (Phi) is 6.18. The van der Waals surface area contributed by atoms with E-state index in [1.165, 1.54) is 0 Å². The molecule has 1 aromatic rings. The minimum Gasteiger partial charge on any atom is -0.356 e. The fourth-order valence-electron chi connectivity index (χ4n) is 3.61. The van der Waals surface area contributed by atoms with Crippen LogP contribution in [0.5, 0.6) is 0 Å². The fraction of sp³-hybridized carbons (Fsp3) is 0.474. The predicted molar refractivity (Wildman–Crippen MR) is 104 cm³/mol. The van der Waals surface area contributed by atoms with E-state index in [0.29, 0.717) is 55.8 Å². The Morgan fingerprint density at radius 3 is 2.43 bits per heavy atom. The highest BCUT2D eigenvalue weighted by molar-refractivity contribution is 6.30. The number of carbonyl (C=O) groups excluding carboxylic acids is 4. The van der Waals surface area contributed by atoms with Crippen molar-refractivity contribution in [3.05, 3.63) is 29.3 Å². The summed E-state index contributed by atoms with van der Waals surface area (Å²) < 4.78 is 0. The molecule has 3 rings (SSSR count). The highest BCUT2D eigenvalue weighted by Gasteiger charge is 2.48. The Bertz CT molecular complexity index is 773. The number of hydrogen-bond acceptors (Lipinski definition) is 4. The van der Waals surface area contributed by atoms with Crippen LogP contribution < -0.4 is 21.3 Å². The van der Waals surface area contributed by atoms with Crippen LogP contribution in [0.25, 0.3) is 0 Å². The molecule has 1 spiro atoms. The Hall–Kier alpha value is -2.61. The van der Waals surface area contributed by atoms with Gasteiger partial charge in [0.15, 0.2) is 0 Å². The smallest absolute Gasteiger partial charge is 0.322 e. The number of benzene rings is 1. The van der Waals surface area contributed by atoms with Crippen LogP contribution in [-0.2, 0) is 14.4 Å². The van der Waals surface area contributed by atoms with Gasteiger partial charge in [0, 0.05) is 29.6 Å². The van der Waals surface area contributed by atoms with Crippen LogP contribution in [0.2, 0.25) is 5.02 Å². The minimum atomic E-state index is -0.854. The van der Waals surface area contributed by atoms with E-state index in [1.54, 1.807) is 24.3 Å². The first kappa shape index (κ1) is 20.1. The summed E-state index contributed by atoms with van der Waals surface area (Å²) in [6.07, 6.45) is 2.80. The van der Waals surface area contributed by atoms with E-state index in [4.69, 9.17) is 11.6 Å². The van der Waals surface area contributed by atoms with E-state index in [0.717, 1.165) is 0 Å². The maximum atomic E-state index is 12.3. The molecule has 0 unspecified atom stereocenters.